The molecular formula is C16H28N2. The van der Waals surface area contributed by atoms with Crippen molar-refractivity contribution in [2.75, 3.05) is 11.5 Å². The molecule has 0 aliphatic rings. The lowest BCUT2D eigenvalue weighted by molar-refractivity contribution is 0.713. The van der Waals surface area contributed by atoms with Crippen LogP contribution in [0.2, 0.25) is 0 Å². The second-order valence-electron chi connectivity index (χ2n) is 5.16. The van der Waals surface area contributed by atoms with E-state index in [2.05, 4.69) is 26.0 Å². The summed E-state index contributed by atoms with van der Waals surface area (Å²) in [6, 6.07) is 4.18. The summed E-state index contributed by atoms with van der Waals surface area (Å²) in [6.45, 7) is 4.43. The number of hydrogen-bond donors (Lipinski definition) is 2. The van der Waals surface area contributed by atoms with Crippen molar-refractivity contribution in [3.8, 4) is 0 Å². The van der Waals surface area contributed by atoms with E-state index >= 15 is 0 Å². The third kappa shape index (κ3) is 4.59. The van der Waals surface area contributed by atoms with Gasteiger partial charge in [0.05, 0.1) is 0 Å². The van der Waals surface area contributed by atoms with Crippen molar-refractivity contribution >= 4 is 11.4 Å². The van der Waals surface area contributed by atoms with Gasteiger partial charge in [0, 0.05) is 11.4 Å². The van der Waals surface area contributed by atoms with Crippen LogP contribution in [0.25, 0.3) is 0 Å². The molecule has 1 aromatic rings. The number of unbranched alkanes of at least 4 members (excludes halogenated alkanes) is 4. The van der Waals surface area contributed by atoms with Gasteiger partial charge in [-0.1, -0.05) is 39.5 Å². The van der Waals surface area contributed by atoms with E-state index in [1.54, 1.807) is 0 Å². The molecule has 0 radical (unpaired) electrons. The fourth-order valence-corrected chi connectivity index (χ4v) is 2.29. The van der Waals surface area contributed by atoms with Crippen LogP contribution in [-0.2, 0) is 12.8 Å². The van der Waals surface area contributed by atoms with E-state index in [0.29, 0.717) is 0 Å². The SMILES string of the molecule is CCCCCc1cc(N)c(CCCCC)cc1N. The number of anilines is 2. The first-order valence-electron chi connectivity index (χ1n) is 7.35. The number of nitrogen functional groups attached to an aromatic ring is 2. The van der Waals surface area contributed by atoms with Gasteiger partial charge < -0.3 is 11.5 Å². The Labute approximate surface area is 112 Å². The van der Waals surface area contributed by atoms with Gasteiger partial charge in [0.15, 0.2) is 0 Å². The number of hydrogen-bond acceptors (Lipinski definition) is 2. The van der Waals surface area contributed by atoms with Gasteiger partial charge in [0.2, 0.25) is 0 Å². The molecule has 0 saturated carbocycles. The van der Waals surface area contributed by atoms with Crippen molar-refractivity contribution in [3.05, 3.63) is 23.3 Å². The summed E-state index contributed by atoms with van der Waals surface area (Å²) in [5, 5.41) is 0. The van der Waals surface area contributed by atoms with Crippen molar-refractivity contribution in [2.24, 2.45) is 0 Å². The Hall–Kier alpha value is -1.18. The molecule has 0 aliphatic heterocycles. The van der Waals surface area contributed by atoms with E-state index in [0.717, 1.165) is 24.2 Å². The summed E-state index contributed by atoms with van der Waals surface area (Å²) >= 11 is 0. The van der Waals surface area contributed by atoms with Gasteiger partial charge in [-0.15, -0.1) is 0 Å². The van der Waals surface area contributed by atoms with E-state index < -0.39 is 0 Å². The largest absolute Gasteiger partial charge is 0.398 e. The molecule has 0 amide bonds. The summed E-state index contributed by atoms with van der Waals surface area (Å²) in [5.74, 6) is 0. The van der Waals surface area contributed by atoms with Crippen LogP contribution in [0, 0.1) is 0 Å². The smallest absolute Gasteiger partial charge is 0.0350 e. The molecule has 18 heavy (non-hydrogen) atoms. The Morgan fingerprint density at radius 3 is 1.44 bits per heavy atom. The van der Waals surface area contributed by atoms with Gasteiger partial charge in [0.1, 0.15) is 0 Å². The van der Waals surface area contributed by atoms with Crippen LogP contribution in [0.15, 0.2) is 12.1 Å². The summed E-state index contributed by atoms with van der Waals surface area (Å²) in [5.41, 5.74) is 16.5. The van der Waals surface area contributed by atoms with Gasteiger partial charge in [-0.3, -0.25) is 0 Å². The average molecular weight is 248 g/mol. The van der Waals surface area contributed by atoms with Crippen molar-refractivity contribution < 1.29 is 0 Å². The predicted octanol–water partition coefficient (Wildman–Crippen LogP) is 4.32. The Morgan fingerprint density at radius 2 is 1.11 bits per heavy atom. The van der Waals surface area contributed by atoms with Crippen LogP contribution >= 0.6 is 0 Å². The molecule has 2 nitrogen and oxygen atoms in total. The lowest BCUT2D eigenvalue weighted by Crippen LogP contribution is -2.02. The highest BCUT2D eigenvalue weighted by atomic mass is 14.6. The average Bonchev–Trinajstić information content (AvgIpc) is 2.35. The molecule has 0 aliphatic carbocycles. The van der Waals surface area contributed by atoms with Gasteiger partial charge in [-0.25, -0.2) is 0 Å². The van der Waals surface area contributed by atoms with Crippen molar-refractivity contribution in [1.82, 2.24) is 0 Å². The molecule has 102 valence electrons. The van der Waals surface area contributed by atoms with Gasteiger partial charge >= 0.3 is 0 Å². The Morgan fingerprint density at radius 1 is 0.722 bits per heavy atom. The van der Waals surface area contributed by atoms with Gasteiger partial charge in [-0.2, -0.15) is 0 Å². The van der Waals surface area contributed by atoms with Crippen LogP contribution in [0.1, 0.15) is 63.5 Å². The molecule has 0 atom stereocenters. The molecule has 0 aromatic heterocycles. The van der Waals surface area contributed by atoms with E-state index in [9.17, 15) is 0 Å². The zero-order valence-electron chi connectivity index (χ0n) is 12.0. The summed E-state index contributed by atoms with van der Waals surface area (Å²) < 4.78 is 0. The molecule has 0 saturated heterocycles. The van der Waals surface area contributed by atoms with Gasteiger partial charge in [0.25, 0.3) is 0 Å². The highest BCUT2D eigenvalue weighted by molar-refractivity contribution is 5.60. The number of aryl methyl sites for hydroxylation is 2. The number of benzene rings is 1. The van der Waals surface area contributed by atoms with Crippen molar-refractivity contribution in [2.45, 2.75) is 65.2 Å². The highest BCUT2D eigenvalue weighted by Crippen LogP contribution is 2.24. The summed E-state index contributed by atoms with van der Waals surface area (Å²) in [4.78, 5) is 0. The second-order valence-corrected chi connectivity index (χ2v) is 5.16. The van der Waals surface area contributed by atoms with Crippen LogP contribution in [0.3, 0.4) is 0 Å². The van der Waals surface area contributed by atoms with Crippen LogP contribution < -0.4 is 11.5 Å². The molecule has 0 unspecified atom stereocenters. The standard InChI is InChI=1S/C16H28N2/c1-3-5-7-9-13-11-16(18)14(12-15(13)17)10-8-6-4-2/h11-12H,3-10,17-18H2,1-2H3. The molecule has 0 fully saturated rings. The first-order chi connectivity index (χ1) is 8.69. The third-order valence-corrected chi connectivity index (χ3v) is 3.50. The molecule has 1 aromatic carbocycles. The molecule has 2 heteroatoms. The molecule has 1 rings (SSSR count). The monoisotopic (exact) mass is 248 g/mol. The topological polar surface area (TPSA) is 52.0 Å². The molecular weight excluding hydrogens is 220 g/mol. The lowest BCUT2D eigenvalue weighted by Gasteiger charge is -2.11. The lowest BCUT2D eigenvalue weighted by atomic mass is 9.98. The number of nitrogens with two attached hydrogens (primary N) is 2. The maximum Gasteiger partial charge on any atom is 0.0350 e. The molecule has 0 bridgehead atoms. The Bertz CT molecular complexity index is 323. The minimum atomic E-state index is 0.923. The summed E-state index contributed by atoms with van der Waals surface area (Å²) in [7, 11) is 0. The Balaban J connectivity index is 2.64. The predicted molar refractivity (Wildman–Crippen MR) is 81.7 cm³/mol. The van der Waals surface area contributed by atoms with Crippen LogP contribution in [-0.4, -0.2) is 0 Å². The number of rotatable bonds is 8. The zero-order valence-corrected chi connectivity index (χ0v) is 12.0. The summed E-state index contributed by atoms with van der Waals surface area (Å²) in [6.07, 6.45) is 9.52. The van der Waals surface area contributed by atoms with E-state index in [4.69, 9.17) is 11.5 Å². The zero-order chi connectivity index (χ0) is 13.4. The van der Waals surface area contributed by atoms with E-state index in [1.807, 2.05) is 0 Å². The molecule has 0 heterocycles. The van der Waals surface area contributed by atoms with Gasteiger partial charge in [-0.05, 0) is 48.9 Å². The minimum Gasteiger partial charge on any atom is -0.398 e. The van der Waals surface area contributed by atoms with E-state index in [-0.39, 0.29) is 0 Å². The van der Waals surface area contributed by atoms with E-state index in [1.165, 1.54) is 49.7 Å². The fraction of sp³-hybridized carbons (Fsp3) is 0.625. The first kappa shape index (κ1) is 14.9. The minimum absolute atomic E-state index is 0.923. The van der Waals surface area contributed by atoms with Crippen molar-refractivity contribution in [3.63, 3.8) is 0 Å². The molecule has 0 spiro atoms. The second kappa shape index (κ2) is 8.02. The van der Waals surface area contributed by atoms with Crippen molar-refractivity contribution in [1.29, 1.82) is 0 Å². The Kier molecular flexibility index (Phi) is 6.63. The third-order valence-electron chi connectivity index (χ3n) is 3.50. The fourth-order valence-electron chi connectivity index (χ4n) is 2.29. The maximum atomic E-state index is 6.12. The van der Waals surface area contributed by atoms with Crippen LogP contribution in [0.5, 0.6) is 0 Å². The quantitative estimate of drug-likeness (QED) is 0.532. The molecule has 4 N–H and O–H groups in total. The van der Waals surface area contributed by atoms with Crippen LogP contribution in [0.4, 0.5) is 11.4 Å². The first-order valence-corrected chi connectivity index (χ1v) is 7.35. The maximum absolute atomic E-state index is 6.12. The normalized spacial score (nSPS) is 10.8. The highest BCUT2D eigenvalue weighted by Gasteiger charge is 2.05.